The van der Waals surface area contributed by atoms with Gasteiger partial charge in [0.05, 0.1) is 0 Å². The van der Waals surface area contributed by atoms with Gasteiger partial charge in [-0.05, 0) is 75.9 Å². The Labute approximate surface area is 131 Å². The third-order valence-electron chi connectivity index (χ3n) is 5.78. The van der Waals surface area contributed by atoms with E-state index >= 15 is 0 Å². The Bertz CT molecular complexity index is 276. The van der Waals surface area contributed by atoms with Gasteiger partial charge in [0.25, 0.3) is 0 Å². The van der Waals surface area contributed by atoms with Gasteiger partial charge >= 0.3 is 0 Å². The van der Waals surface area contributed by atoms with Crippen molar-refractivity contribution in [3.05, 3.63) is 0 Å². The van der Waals surface area contributed by atoms with Crippen LogP contribution in [0.2, 0.25) is 0 Å². The second kappa shape index (κ2) is 9.12. The molecule has 1 heterocycles. The molecular formula is C18H36N2O. The summed E-state index contributed by atoms with van der Waals surface area (Å²) in [7, 11) is 0. The van der Waals surface area contributed by atoms with Crippen LogP contribution in [0, 0.1) is 17.8 Å². The van der Waals surface area contributed by atoms with Crippen molar-refractivity contribution in [3.8, 4) is 0 Å². The molecule has 3 nitrogen and oxygen atoms in total. The minimum atomic E-state index is 0.385. The summed E-state index contributed by atoms with van der Waals surface area (Å²) < 4.78 is 0. The molecule has 1 saturated heterocycles. The number of hydrogen-bond donors (Lipinski definition) is 2. The molecule has 0 amide bonds. The minimum Gasteiger partial charge on any atom is -0.396 e. The normalized spacial score (nSPS) is 32.4. The van der Waals surface area contributed by atoms with E-state index < -0.39 is 0 Å². The van der Waals surface area contributed by atoms with Crippen LogP contribution in [0.5, 0.6) is 0 Å². The number of piperidine rings is 1. The highest BCUT2D eigenvalue weighted by Crippen LogP contribution is 2.32. The maximum absolute atomic E-state index is 9.28. The fraction of sp³-hybridized carbons (Fsp3) is 1.00. The van der Waals surface area contributed by atoms with Gasteiger partial charge in [-0.25, -0.2) is 0 Å². The Morgan fingerprint density at radius 3 is 2.43 bits per heavy atom. The highest BCUT2D eigenvalue weighted by Gasteiger charge is 2.31. The second-order valence-electron chi connectivity index (χ2n) is 7.33. The van der Waals surface area contributed by atoms with Gasteiger partial charge in [-0.1, -0.05) is 20.3 Å². The SMILES string of the molecule is CCCNC1CCC(CC)CC1CN1CCC(CO)CC1. The van der Waals surface area contributed by atoms with Crippen molar-refractivity contribution in [3.63, 3.8) is 0 Å². The lowest BCUT2D eigenvalue weighted by molar-refractivity contribution is 0.0918. The zero-order valence-corrected chi connectivity index (χ0v) is 14.2. The minimum absolute atomic E-state index is 0.385. The number of likely N-dealkylation sites (tertiary alicyclic amines) is 1. The fourth-order valence-electron chi connectivity index (χ4n) is 4.22. The number of hydrogen-bond acceptors (Lipinski definition) is 3. The largest absolute Gasteiger partial charge is 0.396 e. The van der Waals surface area contributed by atoms with Crippen LogP contribution >= 0.6 is 0 Å². The van der Waals surface area contributed by atoms with Crippen molar-refractivity contribution in [1.82, 2.24) is 10.2 Å². The van der Waals surface area contributed by atoms with E-state index in [1.54, 1.807) is 0 Å². The van der Waals surface area contributed by atoms with E-state index in [2.05, 4.69) is 24.1 Å². The smallest absolute Gasteiger partial charge is 0.0460 e. The lowest BCUT2D eigenvalue weighted by atomic mass is 9.76. The summed E-state index contributed by atoms with van der Waals surface area (Å²) in [5.74, 6) is 2.34. The van der Waals surface area contributed by atoms with Crippen LogP contribution in [-0.2, 0) is 0 Å². The summed E-state index contributed by atoms with van der Waals surface area (Å²) in [5, 5.41) is 13.1. The summed E-state index contributed by atoms with van der Waals surface area (Å²) in [6, 6.07) is 0.739. The molecular weight excluding hydrogens is 260 g/mol. The van der Waals surface area contributed by atoms with Gasteiger partial charge in [0, 0.05) is 19.2 Å². The molecule has 0 aromatic carbocycles. The Hall–Kier alpha value is -0.120. The molecule has 0 aromatic heterocycles. The Morgan fingerprint density at radius 1 is 1.05 bits per heavy atom. The van der Waals surface area contributed by atoms with Crippen LogP contribution in [0.4, 0.5) is 0 Å². The molecule has 1 aliphatic heterocycles. The van der Waals surface area contributed by atoms with Crippen molar-refractivity contribution in [1.29, 1.82) is 0 Å². The summed E-state index contributed by atoms with van der Waals surface area (Å²) in [5.41, 5.74) is 0. The summed E-state index contributed by atoms with van der Waals surface area (Å²) in [6.45, 7) is 9.84. The molecule has 0 aromatic rings. The van der Waals surface area contributed by atoms with Crippen LogP contribution in [-0.4, -0.2) is 48.8 Å². The molecule has 3 heteroatoms. The number of rotatable bonds is 7. The van der Waals surface area contributed by atoms with E-state index in [1.165, 1.54) is 71.1 Å². The first-order chi connectivity index (χ1) is 10.3. The second-order valence-corrected chi connectivity index (χ2v) is 7.33. The Kier molecular flexibility index (Phi) is 7.48. The van der Waals surface area contributed by atoms with E-state index in [9.17, 15) is 5.11 Å². The van der Waals surface area contributed by atoms with E-state index in [4.69, 9.17) is 0 Å². The van der Waals surface area contributed by atoms with Crippen LogP contribution in [0.15, 0.2) is 0 Å². The van der Waals surface area contributed by atoms with E-state index in [0.29, 0.717) is 12.5 Å². The van der Waals surface area contributed by atoms with Crippen molar-refractivity contribution < 1.29 is 5.11 Å². The predicted molar refractivity (Wildman–Crippen MR) is 89.5 cm³/mol. The van der Waals surface area contributed by atoms with Gasteiger partial charge in [-0.15, -0.1) is 0 Å². The van der Waals surface area contributed by atoms with Crippen LogP contribution in [0.3, 0.4) is 0 Å². The molecule has 3 unspecified atom stereocenters. The molecule has 2 rings (SSSR count). The first-order valence-electron chi connectivity index (χ1n) is 9.33. The quantitative estimate of drug-likeness (QED) is 0.758. The number of nitrogens with one attached hydrogen (secondary N) is 1. The average molecular weight is 296 g/mol. The van der Waals surface area contributed by atoms with Crippen LogP contribution in [0.25, 0.3) is 0 Å². The first-order valence-corrected chi connectivity index (χ1v) is 9.33. The van der Waals surface area contributed by atoms with E-state index in [0.717, 1.165) is 17.9 Å². The number of aliphatic hydroxyl groups is 1. The predicted octanol–water partition coefficient (Wildman–Crippen LogP) is 2.89. The summed E-state index contributed by atoms with van der Waals surface area (Å²) >= 11 is 0. The van der Waals surface area contributed by atoms with Gasteiger partial charge in [-0.3, -0.25) is 0 Å². The monoisotopic (exact) mass is 296 g/mol. The molecule has 21 heavy (non-hydrogen) atoms. The van der Waals surface area contributed by atoms with Crippen molar-refractivity contribution in [2.75, 3.05) is 32.8 Å². The van der Waals surface area contributed by atoms with E-state index in [1.807, 2.05) is 0 Å². The van der Waals surface area contributed by atoms with Gasteiger partial charge in [0.1, 0.15) is 0 Å². The van der Waals surface area contributed by atoms with Gasteiger partial charge < -0.3 is 15.3 Å². The standard InChI is InChI=1S/C18H36N2O/c1-3-9-19-18-6-5-15(4-2)12-17(18)13-20-10-7-16(14-21)8-11-20/h15-19,21H,3-14H2,1-2H3. The fourth-order valence-corrected chi connectivity index (χ4v) is 4.22. The molecule has 0 spiro atoms. The zero-order valence-electron chi connectivity index (χ0n) is 14.2. The van der Waals surface area contributed by atoms with Crippen LogP contribution in [0.1, 0.15) is 58.8 Å². The van der Waals surface area contributed by atoms with Crippen LogP contribution < -0.4 is 5.32 Å². The Morgan fingerprint density at radius 2 is 1.81 bits per heavy atom. The Balaban J connectivity index is 1.83. The molecule has 1 aliphatic carbocycles. The highest BCUT2D eigenvalue weighted by atomic mass is 16.3. The molecule has 124 valence electrons. The van der Waals surface area contributed by atoms with E-state index in [-0.39, 0.29) is 0 Å². The highest BCUT2D eigenvalue weighted by molar-refractivity contribution is 4.87. The molecule has 1 saturated carbocycles. The number of nitrogens with zero attached hydrogens (tertiary/aromatic N) is 1. The third kappa shape index (κ3) is 5.22. The molecule has 2 aliphatic rings. The average Bonchev–Trinajstić information content (AvgIpc) is 2.54. The maximum Gasteiger partial charge on any atom is 0.0460 e. The zero-order chi connectivity index (χ0) is 15.1. The molecule has 0 radical (unpaired) electrons. The lowest BCUT2D eigenvalue weighted by Gasteiger charge is -2.41. The molecule has 0 bridgehead atoms. The van der Waals surface area contributed by atoms with Crippen molar-refractivity contribution >= 4 is 0 Å². The summed E-state index contributed by atoms with van der Waals surface area (Å²) in [4.78, 5) is 2.66. The third-order valence-corrected chi connectivity index (χ3v) is 5.78. The molecule has 3 atom stereocenters. The lowest BCUT2D eigenvalue weighted by Crippen LogP contribution is -2.47. The number of aliphatic hydroxyl groups excluding tert-OH is 1. The summed E-state index contributed by atoms with van der Waals surface area (Å²) in [6.07, 6.45) is 9.17. The van der Waals surface area contributed by atoms with Crippen molar-refractivity contribution in [2.24, 2.45) is 17.8 Å². The van der Waals surface area contributed by atoms with Gasteiger partial charge in [-0.2, -0.15) is 0 Å². The topological polar surface area (TPSA) is 35.5 Å². The van der Waals surface area contributed by atoms with Crippen molar-refractivity contribution in [2.45, 2.75) is 64.8 Å². The molecule has 2 fully saturated rings. The molecule has 2 N–H and O–H groups in total. The maximum atomic E-state index is 9.28. The van der Waals surface area contributed by atoms with Gasteiger partial charge in [0.2, 0.25) is 0 Å². The van der Waals surface area contributed by atoms with Gasteiger partial charge in [0.15, 0.2) is 0 Å². The first kappa shape index (κ1) is 17.2.